The Bertz CT molecular complexity index is 681. The molecule has 0 aromatic heterocycles. The average Bonchev–Trinajstić information content (AvgIpc) is 2.84. The largest absolute Gasteiger partial charge is 0.395 e. The molecule has 1 atom stereocenters. The van der Waals surface area contributed by atoms with Crippen molar-refractivity contribution in [2.24, 2.45) is 0 Å². The van der Waals surface area contributed by atoms with E-state index in [2.05, 4.69) is 6.92 Å². The molecule has 0 saturated heterocycles. The van der Waals surface area contributed by atoms with Crippen LogP contribution in [0.15, 0.2) is 35.7 Å². The zero-order chi connectivity index (χ0) is 16.6. The Morgan fingerprint density at radius 2 is 1.52 bits per heavy atom. The number of ketones is 2. The number of fused-ring (bicyclic) bond motifs is 1. The predicted molar refractivity (Wildman–Crippen MR) is 87.0 cm³/mol. The topological polar surface area (TPSA) is 60.9 Å². The molecule has 23 heavy (non-hydrogen) atoms. The van der Waals surface area contributed by atoms with Crippen molar-refractivity contribution in [3.05, 3.63) is 46.8 Å². The van der Waals surface area contributed by atoms with E-state index in [1.165, 1.54) is 0 Å². The van der Waals surface area contributed by atoms with E-state index in [0.29, 0.717) is 29.1 Å². The number of unbranched alkanes of at least 4 members (excludes halogenated alkanes) is 1. The third-order valence-corrected chi connectivity index (χ3v) is 4.64. The lowest BCUT2D eigenvalue weighted by atomic mass is 9.90. The highest BCUT2D eigenvalue weighted by atomic mass is 16.3. The molecule has 0 spiro atoms. The maximum Gasteiger partial charge on any atom is 0.212 e. The van der Waals surface area contributed by atoms with Gasteiger partial charge in [0.1, 0.15) is 11.4 Å². The Morgan fingerprint density at radius 1 is 1.00 bits per heavy atom. The highest BCUT2D eigenvalue weighted by Gasteiger charge is 2.45. The van der Waals surface area contributed by atoms with Gasteiger partial charge < -0.3 is 14.9 Å². The predicted octanol–water partition coefficient (Wildman–Crippen LogP) is 2.03. The minimum Gasteiger partial charge on any atom is -0.395 e. The van der Waals surface area contributed by atoms with Crippen LogP contribution < -0.4 is 0 Å². The van der Waals surface area contributed by atoms with Gasteiger partial charge in [-0.25, -0.2) is 0 Å². The van der Waals surface area contributed by atoms with E-state index in [0.717, 1.165) is 19.4 Å². The number of allylic oxidation sites excluding steroid dienone is 2. The Balaban J connectivity index is 2.10. The highest BCUT2D eigenvalue weighted by Crippen LogP contribution is 2.37. The van der Waals surface area contributed by atoms with Gasteiger partial charge in [-0.1, -0.05) is 37.6 Å². The van der Waals surface area contributed by atoms with Crippen molar-refractivity contribution in [1.82, 2.24) is 9.80 Å². The summed E-state index contributed by atoms with van der Waals surface area (Å²) in [4.78, 5) is 29.8. The number of nitrogens with zero attached hydrogens (tertiary/aromatic N) is 2. The molecular weight excluding hydrogens is 292 g/mol. The van der Waals surface area contributed by atoms with Gasteiger partial charge in [0.25, 0.3) is 0 Å². The van der Waals surface area contributed by atoms with E-state index in [-0.39, 0.29) is 24.3 Å². The van der Waals surface area contributed by atoms with Crippen LogP contribution in [0.3, 0.4) is 0 Å². The number of aliphatic hydroxyl groups excluding tert-OH is 1. The van der Waals surface area contributed by atoms with Gasteiger partial charge in [-0.3, -0.25) is 9.59 Å². The fraction of sp³-hybridized carbons (Fsp3) is 0.444. The molecular formula is C18H22N2O3. The van der Waals surface area contributed by atoms with Crippen LogP contribution in [0.1, 0.15) is 47.4 Å². The summed E-state index contributed by atoms with van der Waals surface area (Å²) in [6.45, 7) is 5.12. The molecule has 1 aliphatic carbocycles. The molecule has 0 fully saturated rings. The molecule has 0 amide bonds. The zero-order valence-corrected chi connectivity index (χ0v) is 13.6. The van der Waals surface area contributed by atoms with Crippen molar-refractivity contribution in [2.45, 2.75) is 32.9 Å². The lowest BCUT2D eigenvalue weighted by Gasteiger charge is -2.31. The standard InChI is InChI=1S/C18H22N2O3/c1-3-4-9-19-12(2)20(10-11-21)16-15(19)17(22)13-7-5-6-8-14(13)18(16)23/h5-8,12,21H,3-4,9-11H2,1-2H3. The van der Waals surface area contributed by atoms with Crippen LogP contribution in [0.5, 0.6) is 0 Å². The highest BCUT2D eigenvalue weighted by molar-refractivity contribution is 6.26. The zero-order valence-electron chi connectivity index (χ0n) is 13.6. The second-order valence-electron chi connectivity index (χ2n) is 6.00. The minimum absolute atomic E-state index is 0.0497. The molecule has 1 aliphatic heterocycles. The van der Waals surface area contributed by atoms with Gasteiger partial charge in [0.2, 0.25) is 11.6 Å². The molecule has 0 radical (unpaired) electrons. The second-order valence-corrected chi connectivity index (χ2v) is 6.00. The van der Waals surface area contributed by atoms with Gasteiger partial charge in [-0.05, 0) is 13.3 Å². The first-order chi connectivity index (χ1) is 11.1. The lowest BCUT2D eigenvalue weighted by molar-refractivity contribution is 0.0929. The fourth-order valence-electron chi connectivity index (χ4n) is 3.46. The number of carbonyl (C=O) groups is 2. The van der Waals surface area contributed by atoms with Crippen molar-refractivity contribution in [3.63, 3.8) is 0 Å². The number of carbonyl (C=O) groups excluding carboxylic acids is 2. The normalized spacial score (nSPS) is 20.2. The smallest absolute Gasteiger partial charge is 0.212 e. The number of hydrogen-bond donors (Lipinski definition) is 1. The maximum absolute atomic E-state index is 13.0. The van der Waals surface area contributed by atoms with Gasteiger partial charge in [-0.15, -0.1) is 0 Å². The number of benzene rings is 1. The van der Waals surface area contributed by atoms with Gasteiger partial charge in [0.15, 0.2) is 0 Å². The summed E-state index contributed by atoms with van der Waals surface area (Å²) < 4.78 is 0. The Hall–Kier alpha value is -2.14. The third-order valence-electron chi connectivity index (χ3n) is 4.64. The van der Waals surface area contributed by atoms with E-state index in [1.54, 1.807) is 24.3 Å². The molecule has 1 unspecified atom stereocenters. The summed E-state index contributed by atoms with van der Waals surface area (Å²) in [6.07, 6.45) is 1.88. The third kappa shape index (κ3) is 2.36. The van der Waals surface area contributed by atoms with Gasteiger partial charge in [-0.2, -0.15) is 0 Å². The van der Waals surface area contributed by atoms with Crippen LogP contribution in [-0.4, -0.2) is 52.3 Å². The molecule has 1 aromatic carbocycles. The number of aliphatic hydroxyl groups is 1. The van der Waals surface area contributed by atoms with E-state index < -0.39 is 0 Å². The summed E-state index contributed by atoms with van der Waals surface area (Å²) in [5.41, 5.74) is 1.90. The molecule has 0 bridgehead atoms. The molecule has 1 heterocycles. The Labute approximate surface area is 136 Å². The lowest BCUT2D eigenvalue weighted by Crippen LogP contribution is -2.40. The summed E-state index contributed by atoms with van der Waals surface area (Å²) in [5, 5.41) is 9.37. The van der Waals surface area contributed by atoms with Crippen LogP contribution in [0.4, 0.5) is 0 Å². The summed E-state index contributed by atoms with van der Waals surface area (Å²) in [5.74, 6) is -0.201. The van der Waals surface area contributed by atoms with Gasteiger partial charge in [0.05, 0.1) is 12.8 Å². The van der Waals surface area contributed by atoms with Crippen molar-refractivity contribution < 1.29 is 14.7 Å². The Kier molecular flexibility index (Phi) is 4.22. The molecule has 122 valence electrons. The van der Waals surface area contributed by atoms with E-state index in [9.17, 15) is 14.7 Å². The molecule has 5 heteroatoms. The molecule has 2 aliphatic rings. The summed E-state index contributed by atoms with van der Waals surface area (Å²) >= 11 is 0. The van der Waals surface area contributed by atoms with E-state index in [4.69, 9.17) is 0 Å². The molecule has 1 N–H and O–H groups in total. The molecule has 3 rings (SSSR count). The molecule has 5 nitrogen and oxygen atoms in total. The van der Waals surface area contributed by atoms with Gasteiger partial charge >= 0.3 is 0 Å². The number of Topliss-reactive ketones (excluding diaryl/α,β-unsaturated/α-hetero) is 2. The molecule has 0 saturated carbocycles. The maximum atomic E-state index is 13.0. The summed E-state index contributed by atoms with van der Waals surface area (Å²) in [7, 11) is 0. The number of β-amino-alcohol motifs (C(OH)–C–C–N with tert-alkyl or cyclic N) is 1. The number of rotatable bonds is 5. The monoisotopic (exact) mass is 314 g/mol. The first kappa shape index (κ1) is 15.7. The summed E-state index contributed by atoms with van der Waals surface area (Å²) in [6, 6.07) is 6.99. The van der Waals surface area contributed by atoms with Gasteiger partial charge in [0, 0.05) is 24.2 Å². The Morgan fingerprint density at radius 3 is 2.00 bits per heavy atom. The van der Waals surface area contributed by atoms with Crippen molar-refractivity contribution in [1.29, 1.82) is 0 Å². The second kappa shape index (κ2) is 6.16. The molecule has 1 aromatic rings. The quantitative estimate of drug-likeness (QED) is 0.901. The van der Waals surface area contributed by atoms with Crippen molar-refractivity contribution >= 4 is 11.6 Å². The first-order valence-corrected chi connectivity index (χ1v) is 8.18. The SMILES string of the molecule is CCCCN1C2=C(C(=O)c3ccccc3C2=O)N(CCO)C1C. The fourth-order valence-corrected chi connectivity index (χ4v) is 3.46. The van der Waals surface area contributed by atoms with E-state index in [1.807, 2.05) is 16.7 Å². The van der Waals surface area contributed by atoms with Crippen LogP contribution in [-0.2, 0) is 0 Å². The minimum atomic E-state index is -0.116. The first-order valence-electron chi connectivity index (χ1n) is 8.18. The van der Waals surface area contributed by atoms with Crippen LogP contribution in [0.2, 0.25) is 0 Å². The van der Waals surface area contributed by atoms with Crippen LogP contribution in [0.25, 0.3) is 0 Å². The van der Waals surface area contributed by atoms with Crippen LogP contribution in [0, 0.1) is 0 Å². The van der Waals surface area contributed by atoms with Crippen LogP contribution >= 0.6 is 0 Å². The van der Waals surface area contributed by atoms with E-state index >= 15 is 0 Å². The van der Waals surface area contributed by atoms with Crippen molar-refractivity contribution in [3.8, 4) is 0 Å². The van der Waals surface area contributed by atoms with Crippen molar-refractivity contribution in [2.75, 3.05) is 19.7 Å². The average molecular weight is 314 g/mol. The number of hydrogen-bond acceptors (Lipinski definition) is 5.